The summed E-state index contributed by atoms with van der Waals surface area (Å²) in [7, 11) is 0. The quantitative estimate of drug-likeness (QED) is 0.748. The molecule has 0 spiro atoms. The highest BCUT2D eigenvalue weighted by atomic mass is 79.9. The SMILES string of the molecule is O=c1cccc2nc(-c3cccc(Br)c3)[nH]n12. The van der Waals surface area contributed by atoms with Crippen LogP contribution in [0.15, 0.2) is 51.7 Å². The van der Waals surface area contributed by atoms with Gasteiger partial charge in [-0.05, 0) is 18.2 Å². The molecule has 1 aromatic carbocycles. The predicted octanol–water partition coefficient (Wildman–Crippen LogP) is 2.45. The molecule has 0 radical (unpaired) electrons. The van der Waals surface area contributed by atoms with Crippen molar-refractivity contribution < 1.29 is 0 Å². The van der Waals surface area contributed by atoms with E-state index in [2.05, 4.69) is 26.0 Å². The molecular weight excluding hydrogens is 282 g/mol. The summed E-state index contributed by atoms with van der Waals surface area (Å²) in [5.74, 6) is 0.676. The Morgan fingerprint density at radius 3 is 2.76 bits per heavy atom. The van der Waals surface area contributed by atoms with E-state index in [9.17, 15) is 4.79 Å². The van der Waals surface area contributed by atoms with Crippen LogP contribution >= 0.6 is 15.9 Å². The molecule has 84 valence electrons. The highest BCUT2D eigenvalue weighted by molar-refractivity contribution is 9.10. The number of hydrogen-bond acceptors (Lipinski definition) is 2. The molecule has 0 amide bonds. The maximum atomic E-state index is 11.6. The summed E-state index contributed by atoms with van der Waals surface area (Å²) in [5, 5.41) is 2.98. The molecule has 0 aliphatic carbocycles. The minimum absolute atomic E-state index is 0.115. The van der Waals surface area contributed by atoms with Crippen molar-refractivity contribution in [1.82, 2.24) is 14.6 Å². The largest absolute Gasteiger partial charge is 0.272 e. The zero-order valence-corrected chi connectivity index (χ0v) is 10.3. The third-order valence-corrected chi connectivity index (χ3v) is 2.97. The molecule has 0 unspecified atom stereocenters. The molecule has 5 heteroatoms. The fraction of sp³-hybridized carbons (Fsp3) is 0. The molecule has 0 bridgehead atoms. The first-order valence-electron chi connectivity index (χ1n) is 5.08. The summed E-state index contributed by atoms with van der Waals surface area (Å²) in [6, 6.07) is 12.7. The van der Waals surface area contributed by atoms with E-state index in [1.165, 1.54) is 10.6 Å². The van der Waals surface area contributed by atoms with Crippen molar-refractivity contribution >= 4 is 21.6 Å². The lowest BCUT2D eigenvalue weighted by Gasteiger charge is -1.95. The van der Waals surface area contributed by atoms with Gasteiger partial charge in [-0.15, -0.1) is 0 Å². The summed E-state index contributed by atoms with van der Waals surface area (Å²) in [6.07, 6.45) is 0. The molecule has 2 aromatic heterocycles. The number of H-pyrrole nitrogens is 1. The molecule has 1 N–H and O–H groups in total. The highest BCUT2D eigenvalue weighted by Gasteiger charge is 2.05. The van der Waals surface area contributed by atoms with Crippen LogP contribution in [0, 0.1) is 0 Å². The van der Waals surface area contributed by atoms with Crippen LogP contribution in [0.2, 0.25) is 0 Å². The van der Waals surface area contributed by atoms with Gasteiger partial charge in [0.25, 0.3) is 5.56 Å². The van der Waals surface area contributed by atoms with E-state index in [-0.39, 0.29) is 5.56 Å². The fourth-order valence-corrected chi connectivity index (χ4v) is 2.09. The number of halogens is 1. The van der Waals surface area contributed by atoms with Crippen molar-refractivity contribution in [2.24, 2.45) is 0 Å². The number of benzene rings is 1. The topological polar surface area (TPSA) is 50.2 Å². The van der Waals surface area contributed by atoms with Gasteiger partial charge in [-0.3, -0.25) is 9.89 Å². The lowest BCUT2D eigenvalue weighted by Crippen LogP contribution is -2.11. The van der Waals surface area contributed by atoms with Gasteiger partial charge in [0.05, 0.1) is 0 Å². The van der Waals surface area contributed by atoms with E-state index in [0.29, 0.717) is 11.5 Å². The van der Waals surface area contributed by atoms with E-state index in [4.69, 9.17) is 0 Å². The van der Waals surface area contributed by atoms with Crippen molar-refractivity contribution in [3.05, 3.63) is 57.3 Å². The minimum Gasteiger partial charge on any atom is -0.272 e. The normalized spacial score (nSPS) is 10.9. The van der Waals surface area contributed by atoms with E-state index < -0.39 is 0 Å². The van der Waals surface area contributed by atoms with E-state index >= 15 is 0 Å². The number of hydrogen-bond donors (Lipinski definition) is 1. The molecule has 0 fully saturated rings. The van der Waals surface area contributed by atoms with Crippen molar-refractivity contribution in [3.8, 4) is 11.4 Å². The summed E-state index contributed by atoms with van der Waals surface area (Å²) in [6.45, 7) is 0. The average Bonchev–Trinajstić information content (AvgIpc) is 2.74. The zero-order valence-electron chi connectivity index (χ0n) is 8.72. The van der Waals surface area contributed by atoms with Gasteiger partial charge in [0, 0.05) is 16.1 Å². The first kappa shape index (κ1) is 10.3. The number of aromatic amines is 1. The number of fused-ring (bicyclic) bond motifs is 1. The van der Waals surface area contributed by atoms with Crippen LogP contribution in [-0.4, -0.2) is 14.6 Å². The zero-order chi connectivity index (χ0) is 11.8. The monoisotopic (exact) mass is 289 g/mol. The number of rotatable bonds is 1. The van der Waals surface area contributed by atoms with Gasteiger partial charge in [-0.25, -0.2) is 4.98 Å². The van der Waals surface area contributed by atoms with E-state index in [1.54, 1.807) is 12.1 Å². The lowest BCUT2D eigenvalue weighted by atomic mass is 10.2. The Morgan fingerprint density at radius 1 is 1.18 bits per heavy atom. The van der Waals surface area contributed by atoms with Crippen LogP contribution in [0.5, 0.6) is 0 Å². The molecule has 0 saturated carbocycles. The van der Waals surface area contributed by atoms with Gasteiger partial charge in [-0.2, -0.15) is 4.52 Å². The smallest absolute Gasteiger partial charge is 0.271 e. The second kappa shape index (κ2) is 3.85. The molecule has 3 rings (SSSR count). The summed E-state index contributed by atoms with van der Waals surface area (Å²) >= 11 is 3.41. The van der Waals surface area contributed by atoms with Crippen molar-refractivity contribution in [2.75, 3.05) is 0 Å². The second-order valence-corrected chi connectivity index (χ2v) is 4.56. The Morgan fingerprint density at radius 2 is 2.00 bits per heavy atom. The van der Waals surface area contributed by atoms with E-state index in [1.807, 2.05) is 24.3 Å². The van der Waals surface area contributed by atoms with Gasteiger partial charge in [0.2, 0.25) is 0 Å². The molecule has 0 atom stereocenters. The van der Waals surface area contributed by atoms with Crippen LogP contribution in [0.4, 0.5) is 0 Å². The van der Waals surface area contributed by atoms with Crippen LogP contribution in [-0.2, 0) is 0 Å². The molecule has 2 heterocycles. The van der Waals surface area contributed by atoms with E-state index in [0.717, 1.165) is 10.0 Å². The maximum absolute atomic E-state index is 11.6. The first-order valence-corrected chi connectivity index (χ1v) is 5.87. The standard InChI is InChI=1S/C12H8BrN3O/c13-9-4-1-3-8(7-9)12-14-10-5-2-6-11(17)16(10)15-12/h1-7H,(H,14,15). The molecule has 4 nitrogen and oxygen atoms in total. The van der Waals surface area contributed by atoms with Gasteiger partial charge >= 0.3 is 0 Å². The molecule has 0 saturated heterocycles. The Balaban J connectivity index is 2.25. The van der Waals surface area contributed by atoms with Crippen LogP contribution in [0.1, 0.15) is 0 Å². The van der Waals surface area contributed by atoms with Crippen LogP contribution < -0.4 is 5.56 Å². The maximum Gasteiger partial charge on any atom is 0.271 e. The van der Waals surface area contributed by atoms with Gasteiger partial charge < -0.3 is 0 Å². The van der Waals surface area contributed by atoms with Crippen molar-refractivity contribution in [1.29, 1.82) is 0 Å². The molecule has 0 aliphatic rings. The Hall–Kier alpha value is -1.88. The highest BCUT2D eigenvalue weighted by Crippen LogP contribution is 2.19. The van der Waals surface area contributed by atoms with Crippen molar-refractivity contribution in [3.63, 3.8) is 0 Å². The summed E-state index contributed by atoms with van der Waals surface area (Å²) in [4.78, 5) is 15.9. The van der Waals surface area contributed by atoms with Crippen LogP contribution in [0.25, 0.3) is 17.0 Å². The minimum atomic E-state index is -0.115. The Bertz CT molecular complexity index is 745. The molecular formula is C12H8BrN3O. The summed E-state index contributed by atoms with van der Waals surface area (Å²) in [5.41, 5.74) is 1.44. The van der Waals surface area contributed by atoms with Crippen molar-refractivity contribution in [2.45, 2.75) is 0 Å². The lowest BCUT2D eigenvalue weighted by molar-refractivity contribution is 0.924. The number of aromatic nitrogens is 3. The number of nitrogens with zero attached hydrogens (tertiary/aromatic N) is 2. The Labute approximate surface area is 105 Å². The third kappa shape index (κ3) is 1.78. The third-order valence-electron chi connectivity index (χ3n) is 2.48. The molecule has 17 heavy (non-hydrogen) atoms. The van der Waals surface area contributed by atoms with Gasteiger partial charge in [-0.1, -0.05) is 34.1 Å². The average molecular weight is 290 g/mol. The number of pyridine rings is 1. The predicted molar refractivity (Wildman–Crippen MR) is 68.9 cm³/mol. The molecule has 3 aromatic rings. The van der Waals surface area contributed by atoms with Gasteiger partial charge in [0.1, 0.15) is 0 Å². The van der Waals surface area contributed by atoms with Gasteiger partial charge in [0.15, 0.2) is 11.5 Å². The van der Waals surface area contributed by atoms with Crippen LogP contribution in [0.3, 0.4) is 0 Å². The first-order chi connectivity index (χ1) is 8.24. The molecule has 0 aliphatic heterocycles. The summed E-state index contributed by atoms with van der Waals surface area (Å²) < 4.78 is 2.40. The Kier molecular flexibility index (Phi) is 2.33. The fourth-order valence-electron chi connectivity index (χ4n) is 1.69. The number of nitrogens with one attached hydrogen (secondary N) is 1. The second-order valence-electron chi connectivity index (χ2n) is 3.64.